The van der Waals surface area contributed by atoms with E-state index in [-0.39, 0.29) is 0 Å². The minimum absolute atomic E-state index is 0.302. The van der Waals surface area contributed by atoms with Gasteiger partial charge >= 0.3 is 0 Å². The van der Waals surface area contributed by atoms with Crippen LogP contribution in [0.5, 0.6) is 0 Å². The topological polar surface area (TPSA) is 29.1 Å². The lowest BCUT2D eigenvalue weighted by atomic mass is 10.2. The highest BCUT2D eigenvalue weighted by molar-refractivity contribution is 7.85. The van der Waals surface area contributed by atoms with Crippen molar-refractivity contribution in [2.45, 2.75) is 26.3 Å². The maximum Gasteiger partial charge on any atom is 0.0531 e. The molecule has 1 aromatic heterocycles. The molecule has 4 heteroatoms. The van der Waals surface area contributed by atoms with Gasteiger partial charge in [-0.2, -0.15) is 0 Å². The zero-order valence-corrected chi connectivity index (χ0v) is 11.5. The van der Waals surface area contributed by atoms with E-state index in [1.54, 1.807) is 0 Å². The first-order chi connectivity index (χ1) is 7.69. The van der Waals surface area contributed by atoms with Gasteiger partial charge in [-0.05, 0) is 31.0 Å². The Morgan fingerprint density at radius 3 is 3.00 bits per heavy atom. The van der Waals surface area contributed by atoms with Crippen LogP contribution in [0.2, 0.25) is 0 Å². The number of thiophene rings is 1. The Morgan fingerprint density at radius 2 is 2.31 bits per heavy atom. The second-order valence-corrected chi connectivity index (χ2v) is 7.24. The largest absolute Gasteiger partial charge is 0.308 e. The quantitative estimate of drug-likeness (QED) is 0.881. The molecule has 2 heterocycles. The van der Waals surface area contributed by atoms with Crippen LogP contribution < -0.4 is 5.32 Å². The molecule has 2 rings (SSSR count). The average molecular weight is 257 g/mol. The fourth-order valence-corrected chi connectivity index (χ4v) is 4.68. The molecule has 0 amide bonds. The van der Waals surface area contributed by atoms with Crippen LogP contribution in [0.25, 0.3) is 0 Å². The Bertz CT molecular complexity index is 375. The van der Waals surface area contributed by atoms with E-state index in [9.17, 15) is 4.21 Å². The van der Waals surface area contributed by atoms with E-state index in [1.807, 2.05) is 11.3 Å². The van der Waals surface area contributed by atoms with E-state index < -0.39 is 10.8 Å². The molecule has 90 valence electrons. The van der Waals surface area contributed by atoms with Gasteiger partial charge < -0.3 is 5.32 Å². The number of rotatable bonds is 2. The van der Waals surface area contributed by atoms with Crippen molar-refractivity contribution in [1.29, 1.82) is 0 Å². The maximum atomic E-state index is 11.8. The molecule has 1 aliphatic heterocycles. The minimum Gasteiger partial charge on any atom is -0.308 e. The van der Waals surface area contributed by atoms with Crippen molar-refractivity contribution in [2.75, 3.05) is 18.1 Å². The highest BCUT2D eigenvalue weighted by atomic mass is 32.2. The van der Waals surface area contributed by atoms with Crippen LogP contribution in [0.3, 0.4) is 0 Å². The molecule has 0 bridgehead atoms. The molecular weight excluding hydrogens is 238 g/mol. The van der Waals surface area contributed by atoms with E-state index in [4.69, 9.17) is 0 Å². The Hall–Kier alpha value is -0.190. The summed E-state index contributed by atoms with van der Waals surface area (Å²) in [6.07, 6.45) is 1.09. The molecule has 1 N–H and O–H groups in total. The first-order valence-corrected chi connectivity index (χ1v) is 8.16. The highest BCUT2D eigenvalue weighted by Gasteiger charge is 2.22. The predicted molar refractivity (Wildman–Crippen MR) is 71.5 cm³/mol. The Kier molecular flexibility index (Phi) is 4.16. The molecule has 2 nitrogen and oxygen atoms in total. The average Bonchev–Trinajstić information content (AvgIpc) is 2.66. The van der Waals surface area contributed by atoms with Crippen molar-refractivity contribution in [2.24, 2.45) is 5.92 Å². The molecule has 0 aliphatic carbocycles. The summed E-state index contributed by atoms with van der Waals surface area (Å²) in [7, 11) is -0.667. The van der Waals surface area contributed by atoms with Crippen LogP contribution in [0, 0.1) is 5.92 Å². The lowest BCUT2D eigenvalue weighted by molar-refractivity contribution is 0.522. The third-order valence-corrected chi connectivity index (χ3v) is 5.90. The Morgan fingerprint density at radius 1 is 1.50 bits per heavy atom. The predicted octanol–water partition coefficient (Wildman–Crippen LogP) is 2.34. The van der Waals surface area contributed by atoms with Gasteiger partial charge in [-0.3, -0.25) is 4.21 Å². The monoisotopic (exact) mass is 257 g/mol. The van der Waals surface area contributed by atoms with E-state index >= 15 is 0 Å². The number of hydrogen-bond donors (Lipinski definition) is 1. The molecule has 0 aromatic carbocycles. The van der Waals surface area contributed by atoms with E-state index in [2.05, 4.69) is 31.3 Å². The van der Waals surface area contributed by atoms with Crippen molar-refractivity contribution in [3.05, 3.63) is 21.9 Å². The summed E-state index contributed by atoms with van der Waals surface area (Å²) < 4.78 is 11.8. The molecule has 16 heavy (non-hydrogen) atoms. The first-order valence-electron chi connectivity index (χ1n) is 5.86. The van der Waals surface area contributed by atoms with Crippen molar-refractivity contribution in [3.63, 3.8) is 0 Å². The summed E-state index contributed by atoms with van der Waals surface area (Å²) in [5.74, 6) is 2.14. The molecule has 3 unspecified atom stereocenters. The number of aryl methyl sites for hydroxylation is 1. The fourth-order valence-electron chi connectivity index (χ4n) is 1.99. The van der Waals surface area contributed by atoms with Gasteiger partial charge in [0.1, 0.15) is 0 Å². The third kappa shape index (κ3) is 2.93. The molecule has 1 aromatic rings. The number of hydrogen-bond acceptors (Lipinski definition) is 3. The SMILES string of the molecule is CCc1ccc(C2CS(=O)CC(C)CN2)s1. The maximum absolute atomic E-state index is 11.8. The first kappa shape index (κ1) is 12.3. The second kappa shape index (κ2) is 5.43. The van der Waals surface area contributed by atoms with Crippen LogP contribution in [-0.4, -0.2) is 22.3 Å². The van der Waals surface area contributed by atoms with Gasteiger partial charge in [0, 0.05) is 32.1 Å². The molecule has 0 radical (unpaired) electrons. The summed E-state index contributed by atoms with van der Waals surface area (Å²) >= 11 is 1.85. The molecule has 3 atom stereocenters. The van der Waals surface area contributed by atoms with Gasteiger partial charge in [-0.25, -0.2) is 0 Å². The lowest BCUT2D eigenvalue weighted by Crippen LogP contribution is -2.25. The van der Waals surface area contributed by atoms with E-state index in [1.165, 1.54) is 9.75 Å². The van der Waals surface area contributed by atoms with Crippen LogP contribution >= 0.6 is 11.3 Å². The molecule has 1 fully saturated rings. The van der Waals surface area contributed by atoms with Gasteiger partial charge in [-0.1, -0.05) is 13.8 Å². The molecule has 1 aliphatic rings. The van der Waals surface area contributed by atoms with Crippen molar-refractivity contribution < 1.29 is 4.21 Å². The van der Waals surface area contributed by atoms with Gasteiger partial charge in [-0.15, -0.1) is 11.3 Å². The van der Waals surface area contributed by atoms with Crippen molar-refractivity contribution >= 4 is 22.1 Å². The molecule has 0 spiro atoms. The highest BCUT2D eigenvalue weighted by Crippen LogP contribution is 2.26. The zero-order chi connectivity index (χ0) is 11.5. The minimum atomic E-state index is -0.667. The van der Waals surface area contributed by atoms with Gasteiger partial charge in [0.05, 0.1) is 6.04 Å². The fraction of sp³-hybridized carbons (Fsp3) is 0.667. The summed E-state index contributed by atoms with van der Waals surface area (Å²) in [6.45, 7) is 5.32. The van der Waals surface area contributed by atoms with Crippen LogP contribution in [0.15, 0.2) is 12.1 Å². The Labute approximate surface area is 104 Å². The van der Waals surface area contributed by atoms with Crippen LogP contribution in [0.4, 0.5) is 0 Å². The molecule has 1 saturated heterocycles. The standard InChI is InChI=1S/C12H19NOS2/c1-3-10-4-5-12(15-10)11-8-16(14)7-9(2)6-13-11/h4-5,9,11,13H,3,6-8H2,1-2H3. The summed E-state index contributed by atoms with van der Waals surface area (Å²) in [5, 5.41) is 3.53. The van der Waals surface area contributed by atoms with Crippen LogP contribution in [0.1, 0.15) is 29.6 Å². The van der Waals surface area contributed by atoms with Crippen LogP contribution in [-0.2, 0) is 17.2 Å². The van der Waals surface area contributed by atoms with E-state index in [0.717, 1.165) is 24.5 Å². The van der Waals surface area contributed by atoms with Gasteiger partial charge in [0.2, 0.25) is 0 Å². The summed E-state index contributed by atoms with van der Waals surface area (Å²) in [4.78, 5) is 2.76. The third-order valence-electron chi connectivity index (χ3n) is 2.91. The van der Waals surface area contributed by atoms with Crippen molar-refractivity contribution in [1.82, 2.24) is 5.32 Å². The summed E-state index contributed by atoms with van der Waals surface area (Å²) in [6, 6.07) is 4.68. The lowest BCUT2D eigenvalue weighted by Gasteiger charge is -2.13. The number of nitrogens with one attached hydrogen (secondary N) is 1. The molecular formula is C12H19NOS2. The normalized spacial score (nSPS) is 31.2. The Balaban J connectivity index is 2.10. The van der Waals surface area contributed by atoms with Crippen molar-refractivity contribution in [3.8, 4) is 0 Å². The summed E-state index contributed by atoms with van der Waals surface area (Å²) in [5.41, 5.74) is 0. The van der Waals surface area contributed by atoms with E-state index in [0.29, 0.717) is 12.0 Å². The molecule has 0 saturated carbocycles. The van der Waals surface area contributed by atoms with Gasteiger partial charge in [0.25, 0.3) is 0 Å². The second-order valence-electron chi connectivity index (χ2n) is 4.50. The zero-order valence-electron chi connectivity index (χ0n) is 9.86. The smallest absolute Gasteiger partial charge is 0.0531 e. The van der Waals surface area contributed by atoms with Gasteiger partial charge in [0.15, 0.2) is 0 Å².